The van der Waals surface area contributed by atoms with Crippen LogP contribution in [0.4, 0.5) is 0 Å². The number of benzene rings is 1. The molecule has 1 aliphatic rings. The monoisotopic (exact) mass is 347 g/mol. The zero-order valence-corrected chi connectivity index (χ0v) is 15.5. The van der Waals surface area contributed by atoms with Crippen LogP contribution in [-0.4, -0.2) is 42.6 Å². The van der Waals surface area contributed by atoms with Crippen LogP contribution in [0.3, 0.4) is 0 Å². The second-order valence-corrected chi connectivity index (χ2v) is 6.36. The lowest BCUT2D eigenvalue weighted by atomic mass is 9.96. The molecule has 1 saturated heterocycles. The summed E-state index contributed by atoms with van der Waals surface area (Å²) in [6.07, 6.45) is 2.43. The van der Waals surface area contributed by atoms with Crippen molar-refractivity contribution < 1.29 is 19.1 Å². The number of hydrogen-bond acceptors (Lipinski definition) is 4. The molecule has 5 heteroatoms. The van der Waals surface area contributed by atoms with Gasteiger partial charge in [0.2, 0.25) is 0 Å². The van der Waals surface area contributed by atoms with E-state index in [2.05, 4.69) is 6.92 Å². The smallest absolute Gasteiger partial charge is 0.309 e. The molecule has 1 aromatic rings. The molecule has 0 aromatic heterocycles. The SMILES string of the molecule is CCOC(=O)C1CCN(C(=O)[C@@H](CC)Oc2ccc(CC)cc2)CC1. The van der Waals surface area contributed by atoms with E-state index in [0.717, 1.165) is 12.2 Å². The van der Waals surface area contributed by atoms with Gasteiger partial charge in [-0.3, -0.25) is 9.59 Å². The van der Waals surface area contributed by atoms with Crippen molar-refractivity contribution in [1.82, 2.24) is 4.90 Å². The number of nitrogens with zero attached hydrogens (tertiary/aromatic N) is 1. The molecule has 5 nitrogen and oxygen atoms in total. The number of carbonyl (C=O) groups excluding carboxylic acids is 2. The van der Waals surface area contributed by atoms with Crippen molar-refractivity contribution in [3.05, 3.63) is 29.8 Å². The van der Waals surface area contributed by atoms with Gasteiger partial charge < -0.3 is 14.4 Å². The van der Waals surface area contributed by atoms with Gasteiger partial charge in [-0.25, -0.2) is 0 Å². The highest BCUT2D eigenvalue weighted by atomic mass is 16.5. The number of piperidine rings is 1. The molecule has 1 heterocycles. The molecule has 1 aliphatic heterocycles. The summed E-state index contributed by atoms with van der Waals surface area (Å²) in [6, 6.07) is 7.89. The lowest BCUT2D eigenvalue weighted by molar-refractivity contribution is -0.152. The van der Waals surface area contributed by atoms with Crippen molar-refractivity contribution in [3.63, 3.8) is 0 Å². The highest BCUT2D eigenvalue weighted by Crippen LogP contribution is 2.21. The Balaban J connectivity index is 1.90. The molecular weight excluding hydrogens is 318 g/mol. The summed E-state index contributed by atoms with van der Waals surface area (Å²) < 4.78 is 11.0. The first-order valence-electron chi connectivity index (χ1n) is 9.30. The minimum absolute atomic E-state index is 0.00405. The summed E-state index contributed by atoms with van der Waals surface area (Å²) in [5, 5.41) is 0. The summed E-state index contributed by atoms with van der Waals surface area (Å²) in [5.41, 5.74) is 1.24. The van der Waals surface area contributed by atoms with Crippen molar-refractivity contribution in [2.45, 2.75) is 52.6 Å². The maximum atomic E-state index is 12.7. The third-order valence-corrected chi connectivity index (χ3v) is 4.68. The van der Waals surface area contributed by atoms with E-state index in [1.807, 2.05) is 43.0 Å². The standard InChI is InChI=1S/C20H29NO4/c1-4-15-7-9-17(10-8-15)25-18(5-2)19(22)21-13-11-16(12-14-21)20(23)24-6-3/h7-10,16,18H,4-6,11-14H2,1-3H3/t18-/m1/s1. The summed E-state index contributed by atoms with van der Waals surface area (Å²) >= 11 is 0. The second kappa shape index (κ2) is 9.44. The minimum Gasteiger partial charge on any atom is -0.481 e. The maximum absolute atomic E-state index is 12.7. The highest BCUT2D eigenvalue weighted by molar-refractivity contribution is 5.81. The first-order chi connectivity index (χ1) is 12.1. The number of carbonyl (C=O) groups is 2. The normalized spacial score (nSPS) is 16.4. The number of rotatable bonds is 7. The van der Waals surface area contributed by atoms with Gasteiger partial charge in [0.05, 0.1) is 12.5 Å². The largest absolute Gasteiger partial charge is 0.481 e. The molecular formula is C20H29NO4. The predicted molar refractivity (Wildman–Crippen MR) is 96.5 cm³/mol. The topological polar surface area (TPSA) is 55.8 Å². The molecule has 0 unspecified atom stereocenters. The van der Waals surface area contributed by atoms with Crippen LogP contribution in [0.25, 0.3) is 0 Å². The molecule has 0 saturated carbocycles. The van der Waals surface area contributed by atoms with Crippen molar-refractivity contribution in [2.24, 2.45) is 5.92 Å². The third kappa shape index (κ3) is 5.21. The fourth-order valence-corrected chi connectivity index (χ4v) is 3.08. The second-order valence-electron chi connectivity index (χ2n) is 6.36. The zero-order chi connectivity index (χ0) is 18.2. The Kier molecular flexibility index (Phi) is 7.29. The average Bonchev–Trinajstić information content (AvgIpc) is 2.66. The lowest BCUT2D eigenvalue weighted by Crippen LogP contribution is -2.46. The molecule has 0 N–H and O–H groups in total. The van der Waals surface area contributed by atoms with E-state index in [4.69, 9.17) is 9.47 Å². The van der Waals surface area contributed by atoms with Crippen molar-refractivity contribution in [2.75, 3.05) is 19.7 Å². The fourth-order valence-electron chi connectivity index (χ4n) is 3.08. The van der Waals surface area contributed by atoms with E-state index in [-0.39, 0.29) is 17.8 Å². The third-order valence-electron chi connectivity index (χ3n) is 4.68. The predicted octanol–water partition coefficient (Wildman–Crippen LogP) is 3.21. The van der Waals surface area contributed by atoms with E-state index in [1.165, 1.54) is 5.56 Å². The quantitative estimate of drug-likeness (QED) is 0.711. The number of aryl methyl sites for hydroxylation is 1. The summed E-state index contributed by atoms with van der Waals surface area (Å²) in [7, 11) is 0. The Morgan fingerprint density at radius 1 is 1.12 bits per heavy atom. The molecule has 25 heavy (non-hydrogen) atoms. The van der Waals surface area contributed by atoms with Crippen molar-refractivity contribution in [3.8, 4) is 5.75 Å². The number of esters is 1. The first kappa shape index (κ1) is 19.3. The van der Waals surface area contributed by atoms with Gasteiger partial charge in [-0.15, -0.1) is 0 Å². The number of hydrogen-bond donors (Lipinski definition) is 0. The molecule has 1 amide bonds. The fraction of sp³-hybridized carbons (Fsp3) is 0.600. The molecule has 138 valence electrons. The minimum atomic E-state index is -0.480. The van der Waals surface area contributed by atoms with Gasteiger partial charge in [0.1, 0.15) is 5.75 Å². The Labute approximate surface area is 150 Å². The van der Waals surface area contributed by atoms with E-state index in [1.54, 1.807) is 0 Å². The Bertz CT molecular complexity index is 562. The van der Waals surface area contributed by atoms with E-state index in [9.17, 15) is 9.59 Å². The van der Waals surface area contributed by atoms with Crippen LogP contribution in [0.1, 0.15) is 45.6 Å². The van der Waals surface area contributed by atoms with Crippen molar-refractivity contribution >= 4 is 11.9 Å². The van der Waals surface area contributed by atoms with Gasteiger partial charge in [-0.1, -0.05) is 26.0 Å². The van der Waals surface area contributed by atoms with Gasteiger partial charge in [-0.2, -0.15) is 0 Å². The van der Waals surface area contributed by atoms with Crippen LogP contribution in [0.2, 0.25) is 0 Å². The van der Waals surface area contributed by atoms with E-state index in [0.29, 0.717) is 39.0 Å². The van der Waals surface area contributed by atoms with Gasteiger partial charge in [0.25, 0.3) is 5.91 Å². The molecule has 0 spiro atoms. The summed E-state index contributed by atoms with van der Waals surface area (Å²) in [5.74, 6) is 0.490. The van der Waals surface area contributed by atoms with Crippen LogP contribution in [0.5, 0.6) is 5.75 Å². The highest BCUT2D eigenvalue weighted by Gasteiger charge is 2.31. The maximum Gasteiger partial charge on any atom is 0.309 e. The number of ether oxygens (including phenoxy) is 2. The van der Waals surface area contributed by atoms with Crippen LogP contribution < -0.4 is 4.74 Å². The Morgan fingerprint density at radius 3 is 2.28 bits per heavy atom. The summed E-state index contributed by atoms with van der Waals surface area (Å²) in [6.45, 7) is 7.43. The first-order valence-corrected chi connectivity index (χ1v) is 9.30. The molecule has 0 aliphatic carbocycles. The van der Waals surface area contributed by atoms with Crippen molar-refractivity contribution in [1.29, 1.82) is 0 Å². The zero-order valence-electron chi connectivity index (χ0n) is 15.5. The van der Waals surface area contributed by atoms with Gasteiger partial charge in [0.15, 0.2) is 6.10 Å². The van der Waals surface area contributed by atoms with Crippen LogP contribution in [0, 0.1) is 5.92 Å². The van der Waals surface area contributed by atoms with Crippen LogP contribution in [0.15, 0.2) is 24.3 Å². The number of likely N-dealkylation sites (tertiary alicyclic amines) is 1. The lowest BCUT2D eigenvalue weighted by Gasteiger charge is -2.33. The Hall–Kier alpha value is -2.04. The van der Waals surface area contributed by atoms with E-state index < -0.39 is 6.10 Å². The molecule has 1 fully saturated rings. The molecule has 2 rings (SSSR count). The van der Waals surface area contributed by atoms with E-state index >= 15 is 0 Å². The average molecular weight is 347 g/mol. The van der Waals surface area contributed by atoms with Crippen LogP contribution >= 0.6 is 0 Å². The Morgan fingerprint density at radius 2 is 1.76 bits per heavy atom. The molecule has 1 aromatic carbocycles. The van der Waals surface area contributed by atoms with Crippen LogP contribution in [-0.2, 0) is 20.7 Å². The molecule has 1 atom stereocenters. The van der Waals surface area contributed by atoms with Gasteiger partial charge in [0, 0.05) is 13.1 Å². The summed E-state index contributed by atoms with van der Waals surface area (Å²) in [4.78, 5) is 26.4. The van der Waals surface area contributed by atoms with Gasteiger partial charge in [-0.05, 0) is 50.3 Å². The molecule has 0 radical (unpaired) electrons. The number of amides is 1. The molecule has 0 bridgehead atoms. The van der Waals surface area contributed by atoms with Gasteiger partial charge >= 0.3 is 5.97 Å².